The van der Waals surface area contributed by atoms with Crippen molar-refractivity contribution in [2.45, 2.75) is 65.1 Å². The summed E-state index contributed by atoms with van der Waals surface area (Å²) in [5.74, 6) is 1.00. The number of benzene rings is 2. The van der Waals surface area contributed by atoms with Gasteiger partial charge in [-0.2, -0.15) is 0 Å². The molecule has 0 saturated heterocycles. The van der Waals surface area contributed by atoms with Crippen LogP contribution in [0.25, 0.3) is 11.0 Å². The van der Waals surface area contributed by atoms with Gasteiger partial charge >= 0.3 is 0 Å². The van der Waals surface area contributed by atoms with Crippen LogP contribution < -0.4 is 10.2 Å². The standard InChI is InChI=1S/C27H32N4O2/c1-17-12-14-20(15-13-17)31-25(32)24-28-22-9-5-6-11-23(22)30(24)16-27(31,4)26(33)29-21-10-7-8-18(2)19(21)3/h5-6,9,11-15,18-19,21H,7-8,10,16H2,1-4H3,(H,29,33)/t18-,19+,21-,27-/m1/s1. The van der Waals surface area contributed by atoms with Gasteiger partial charge in [0.25, 0.3) is 5.91 Å². The monoisotopic (exact) mass is 444 g/mol. The summed E-state index contributed by atoms with van der Waals surface area (Å²) in [5.41, 5.74) is 2.38. The first-order valence-corrected chi connectivity index (χ1v) is 12.0. The molecular weight excluding hydrogens is 412 g/mol. The van der Waals surface area contributed by atoms with Crippen LogP contribution in [0.3, 0.4) is 0 Å². The van der Waals surface area contributed by atoms with Crippen molar-refractivity contribution in [1.82, 2.24) is 14.9 Å². The van der Waals surface area contributed by atoms with E-state index in [0.717, 1.165) is 29.4 Å². The average Bonchev–Trinajstić information content (AvgIpc) is 3.17. The molecule has 33 heavy (non-hydrogen) atoms. The lowest BCUT2D eigenvalue weighted by Crippen LogP contribution is -2.66. The van der Waals surface area contributed by atoms with Crippen LogP contribution >= 0.6 is 0 Å². The number of rotatable bonds is 3. The number of aromatic nitrogens is 2. The number of imidazole rings is 1. The Balaban J connectivity index is 1.59. The largest absolute Gasteiger partial charge is 0.351 e. The van der Waals surface area contributed by atoms with Gasteiger partial charge in [-0.15, -0.1) is 0 Å². The molecule has 0 bridgehead atoms. The van der Waals surface area contributed by atoms with Gasteiger partial charge in [-0.3, -0.25) is 14.5 Å². The number of nitrogens with zero attached hydrogens (tertiary/aromatic N) is 3. The summed E-state index contributed by atoms with van der Waals surface area (Å²) in [7, 11) is 0. The van der Waals surface area contributed by atoms with E-state index >= 15 is 0 Å². The van der Waals surface area contributed by atoms with Gasteiger partial charge in [0.1, 0.15) is 5.54 Å². The SMILES string of the molecule is Cc1ccc(N2C(=O)c3nc4ccccc4n3C[C@]2(C)C(=O)N[C@@H]2CCC[C@@H](C)[C@@H]2C)cc1. The Morgan fingerprint density at radius 3 is 2.58 bits per heavy atom. The Morgan fingerprint density at radius 1 is 1.09 bits per heavy atom. The van der Waals surface area contributed by atoms with E-state index in [4.69, 9.17) is 0 Å². The summed E-state index contributed by atoms with van der Waals surface area (Å²) in [6.07, 6.45) is 3.29. The number of anilines is 1. The molecular formula is C27H32N4O2. The number of hydrogen-bond donors (Lipinski definition) is 1. The molecule has 2 aromatic carbocycles. The molecule has 0 unspecified atom stereocenters. The number of amides is 2. The normalized spacial score (nSPS) is 27.5. The first-order chi connectivity index (χ1) is 15.8. The smallest absolute Gasteiger partial charge is 0.295 e. The minimum atomic E-state index is -1.08. The lowest BCUT2D eigenvalue weighted by Gasteiger charge is -2.45. The minimum Gasteiger partial charge on any atom is -0.351 e. The molecule has 0 radical (unpaired) electrons. The molecule has 5 rings (SSSR count). The third-order valence-electron chi connectivity index (χ3n) is 7.81. The summed E-state index contributed by atoms with van der Waals surface area (Å²) >= 11 is 0. The molecule has 1 N–H and O–H groups in total. The van der Waals surface area contributed by atoms with Crippen LogP contribution in [0.1, 0.15) is 56.2 Å². The zero-order chi connectivity index (χ0) is 23.3. The van der Waals surface area contributed by atoms with Crippen LogP contribution in [0.15, 0.2) is 48.5 Å². The second-order valence-corrected chi connectivity index (χ2v) is 10.1. The molecule has 3 aromatic rings. The highest BCUT2D eigenvalue weighted by atomic mass is 16.2. The fraction of sp³-hybridized carbons (Fsp3) is 0.444. The molecule has 6 heteroatoms. The van der Waals surface area contributed by atoms with Gasteiger partial charge < -0.3 is 9.88 Å². The number of hydrogen-bond acceptors (Lipinski definition) is 3. The van der Waals surface area contributed by atoms with E-state index in [-0.39, 0.29) is 17.9 Å². The second-order valence-electron chi connectivity index (χ2n) is 10.1. The van der Waals surface area contributed by atoms with Crippen molar-refractivity contribution in [3.63, 3.8) is 0 Å². The zero-order valence-electron chi connectivity index (χ0n) is 19.8. The first kappa shape index (κ1) is 21.7. The van der Waals surface area contributed by atoms with Crippen molar-refractivity contribution in [2.75, 3.05) is 4.90 Å². The molecule has 1 saturated carbocycles. The molecule has 2 heterocycles. The van der Waals surface area contributed by atoms with E-state index in [1.165, 1.54) is 6.42 Å². The lowest BCUT2D eigenvalue weighted by atomic mass is 9.77. The first-order valence-electron chi connectivity index (χ1n) is 12.0. The van der Waals surface area contributed by atoms with E-state index in [0.29, 0.717) is 29.9 Å². The zero-order valence-corrected chi connectivity index (χ0v) is 19.8. The molecule has 1 aliphatic heterocycles. The fourth-order valence-corrected chi connectivity index (χ4v) is 5.48. The summed E-state index contributed by atoms with van der Waals surface area (Å²) < 4.78 is 1.91. The van der Waals surface area contributed by atoms with Gasteiger partial charge in [0.05, 0.1) is 17.6 Å². The lowest BCUT2D eigenvalue weighted by molar-refractivity contribution is -0.128. The molecule has 2 amide bonds. The van der Waals surface area contributed by atoms with Gasteiger partial charge in [-0.1, -0.05) is 56.5 Å². The number of fused-ring (bicyclic) bond motifs is 3. The highest BCUT2D eigenvalue weighted by Gasteiger charge is 2.50. The Kier molecular flexibility index (Phi) is 5.26. The summed E-state index contributed by atoms with van der Waals surface area (Å²) in [6, 6.07) is 15.6. The number of carbonyl (C=O) groups is 2. The second kappa shape index (κ2) is 8.01. The van der Waals surface area contributed by atoms with Crippen LogP contribution in [-0.4, -0.2) is 32.9 Å². The molecule has 2 aliphatic rings. The van der Waals surface area contributed by atoms with Crippen LogP contribution in [0.2, 0.25) is 0 Å². The van der Waals surface area contributed by atoms with Crippen molar-refractivity contribution in [3.8, 4) is 0 Å². The Labute approximate surface area is 195 Å². The maximum Gasteiger partial charge on any atom is 0.295 e. The van der Waals surface area contributed by atoms with Crippen molar-refractivity contribution in [1.29, 1.82) is 0 Å². The Bertz CT molecular complexity index is 1210. The molecule has 172 valence electrons. The third-order valence-corrected chi connectivity index (χ3v) is 7.81. The molecule has 6 nitrogen and oxygen atoms in total. The van der Waals surface area contributed by atoms with Crippen molar-refractivity contribution in [3.05, 3.63) is 59.9 Å². The van der Waals surface area contributed by atoms with Crippen LogP contribution in [0.4, 0.5) is 5.69 Å². The van der Waals surface area contributed by atoms with E-state index in [1.54, 1.807) is 4.90 Å². The topological polar surface area (TPSA) is 67.2 Å². The van der Waals surface area contributed by atoms with Crippen LogP contribution in [0, 0.1) is 18.8 Å². The van der Waals surface area contributed by atoms with Crippen molar-refractivity contribution < 1.29 is 9.59 Å². The van der Waals surface area contributed by atoms with Crippen molar-refractivity contribution in [2.24, 2.45) is 11.8 Å². The molecule has 0 spiro atoms. The summed E-state index contributed by atoms with van der Waals surface area (Å²) in [4.78, 5) is 34.1. The quantitative estimate of drug-likeness (QED) is 0.636. The molecule has 1 aliphatic carbocycles. The predicted octanol–water partition coefficient (Wildman–Crippen LogP) is 4.70. The highest BCUT2D eigenvalue weighted by Crippen LogP contribution is 2.36. The van der Waals surface area contributed by atoms with Gasteiger partial charge in [0, 0.05) is 11.7 Å². The van der Waals surface area contributed by atoms with Crippen LogP contribution in [0.5, 0.6) is 0 Å². The summed E-state index contributed by atoms with van der Waals surface area (Å²) in [5, 5.41) is 3.35. The average molecular weight is 445 g/mol. The molecule has 4 atom stereocenters. The van der Waals surface area contributed by atoms with Gasteiger partial charge in [-0.25, -0.2) is 4.98 Å². The fourth-order valence-electron chi connectivity index (χ4n) is 5.48. The highest BCUT2D eigenvalue weighted by molar-refractivity contribution is 6.12. The number of aryl methyl sites for hydroxylation is 1. The molecule has 1 fully saturated rings. The van der Waals surface area contributed by atoms with E-state index in [9.17, 15) is 9.59 Å². The maximum atomic E-state index is 14.0. The van der Waals surface area contributed by atoms with Crippen LogP contribution in [-0.2, 0) is 11.3 Å². The van der Waals surface area contributed by atoms with E-state index in [1.807, 2.05) is 66.9 Å². The number of nitrogens with one attached hydrogen (secondary N) is 1. The molecule has 1 aromatic heterocycles. The van der Waals surface area contributed by atoms with Gasteiger partial charge in [-0.05, 0) is 56.4 Å². The Morgan fingerprint density at radius 2 is 1.82 bits per heavy atom. The minimum absolute atomic E-state index is 0.106. The predicted molar refractivity (Wildman–Crippen MR) is 130 cm³/mol. The summed E-state index contributed by atoms with van der Waals surface area (Å²) in [6.45, 7) is 8.73. The Hall–Kier alpha value is -3.15. The maximum absolute atomic E-state index is 14.0. The number of para-hydroxylation sites is 2. The third kappa shape index (κ3) is 3.52. The van der Waals surface area contributed by atoms with Gasteiger partial charge in [0.15, 0.2) is 0 Å². The van der Waals surface area contributed by atoms with E-state index in [2.05, 4.69) is 24.1 Å². The van der Waals surface area contributed by atoms with Gasteiger partial charge in [0.2, 0.25) is 11.7 Å². The van der Waals surface area contributed by atoms with Crippen molar-refractivity contribution >= 4 is 28.5 Å². The van der Waals surface area contributed by atoms with E-state index < -0.39 is 5.54 Å². The number of carbonyl (C=O) groups excluding carboxylic acids is 2.